The van der Waals surface area contributed by atoms with Crippen LogP contribution in [0, 0.1) is 11.8 Å². The molecule has 0 saturated heterocycles. The van der Waals surface area contributed by atoms with Gasteiger partial charge in [0.25, 0.3) is 0 Å². The van der Waals surface area contributed by atoms with Crippen LogP contribution in [0.15, 0.2) is 24.3 Å². The maximum atomic E-state index is 12.4. The Balaban J connectivity index is 1.88. The molecule has 190 valence electrons. The van der Waals surface area contributed by atoms with Crippen molar-refractivity contribution in [1.29, 1.82) is 0 Å². The van der Waals surface area contributed by atoms with Crippen molar-refractivity contribution in [2.24, 2.45) is 11.8 Å². The zero-order chi connectivity index (χ0) is 24.3. The Hall–Kier alpha value is -1.81. The highest BCUT2D eigenvalue weighted by Gasteiger charge is 2.31. The minimum Gasteiger partial charge on any atom is -0.504 e. The Morgan fingerprint density at radius 1 is 1.18 bits per heavy atom. The number of phenols is 1. The first-order valence-corrected chi connectivity index (χ1v) is 13.7. The lowest BCUT2D eigenvalue weighted by Crippen LogP contribution is -2.22. The van der Waals surface area contributed by atoms with Crippen molar-refractivity contribution < 1.29 is 19.4 Å². The summed E-state index contributed by atoms with van der Waals surface area (Å²) in [4.78, 5) is 12.4. The molecule has 0 aliphatic heterocycles. The van der Waals surface area contributed by atoms with Crippen LogP contribution in [0.2, 0.25) is 0 Å². The first-order valence-electron chi connectivity index (χ1n) is 13.7. The average molecular weight is 471 g/mol. The fourth-order valence-corrected chi connectivity index (χ4v) is 5.86. The van der Waals surface area contributed by atoms with Crippen molar-refractivity contribution in [3.63, 3.8) is 0 Å². The van der Waals surface area contributed by atoms with Crippen molar-refractivity contribution in [1.82, 2.24) is 0 Å². The van der Waals surface area contributed by atoms with Crippen LogP contribution in [-0.2, 0) is 16.0 Å². The van der Waals surface area contributed by atoms with E-state index < -0.39 is 0 Å². The van der Waals surface area contributed by atoms with E-state index in [0.29, 0.717) is 36.9 Å². The highest BCUT2D eigenvalue weighted by molar-refractivity contribution is 5.89. The number of rotatable bonds is 13. The minimum atomic E-state index is 0.165. The van der Waals surface area contributed by atoms with Crippen LogP contribution in [0.25, 0.3) is 0 Å². The summed E-state index contributed by atoms with van der Waals surface area (Å²) < 4.78 is 11.8. The molecule has 2 fully saturated rings. The van der Waals surface area contributed by atoms with Gasteiger partial charge in [-0.05, 0) is 93.2 Å². The number of hydrogen-bond donors (Lipinski definition) is 1. The maximum absolute atomic E-state index is 12.4. The molecule has 0 amide bonds. The fourth-order valence-electron chi connectivity index (χ4n) is 5.86. The van der Waals surface area contributed by atoms with Crippen molar-refractivity contribution in [3.8, 4) is 11.5 Å². The monoisotopic (exact) mass is 470 g/mol. The number of allylic oxidation sites excluding steroid dienone is 2. The molecule has 2 saturated carbocycles. The van der Waals surface area contributed by atoms with E-state index >= 15 is 0 Å². The summed E-state index contributed by atoms with van der Waals surface area (Å²) in [5.41, 5.74) is 2.08. The van der Waals surface area contributed by atoms with Gasteiger partial charge in [0.2, 0.25) is 0 Å². The quantitative estimate of drug-likeness (QED) is 0.303. The van der Waals surface area contributed by atoms with Crippen molar-refractivity contribution in [3.05, 3.63) is 35.4 Å². The van der Waals surface area contributed by atoms with Crippen LogP contribution in [0.5, 0.6) is 11.5 Å². The lowest BCUT2D eigenvalue weighted by atomic mass is 9.72. The number of methoxy groups -OCH3 is 1. The normalized spacial score (nSPS) is 22.3. The minimum absolute atomic E-state index is 0.165. The lowest BCUT2D eigenvalue weighted by molar-refractivity contribution is -0.114. The third kappa shape index (κ3) is 7.86. The van der Waals surface area contributed by atoms with Gasteiger partial charge in [0.15, 0.2) is 17.3 Å². The maximum Gasteiger partial charge on any atom is 0.161 e. The second-order valence-corrected chi connectivity index (χ2v) is 10.6. The van der Waals surface area contributed by atoms with Gasteiger partial charge in [0.05, 0.1) is 6.10 Å². The molecular formula is C30H46O4. The number of carbonyl (C=O) groups is 1. The molecule has 4 nitrogen and oxygen atoms in total. The van der Waals surface area contributed by atoms with E-state index in [9.17, 15) is 9.90 Å². The van der Waals surface area contributed by atoms with E-state index in [1.165, 1.54) is 38.5 Å². The van der Waals surface area contributed by atoms with E-state index in [0.717, 1.165) is 49.1 Å². The van der Waals surface area contributed by atoms with E-state index in [4.69, 9.17) is 9.47 Å². The number of phenolic OH excluding ortho intramolecular Hbond substituents is 1. The van der Waals surface area contributed by atoms with Crippen molar-refractivity contribution in [2.75, 3.05) is 13.7 Å². The molecular weight excluding hydrogens is 424 g/mol. The number of aryl methyl sites for hydroxylation is 1. The number of unbranched alkanes of at least 4 members (excludes halogenated alkanes) is 1. The van der Waals surface area contributed by atoms with Gasteiger partial charge in [0, 0.05) is 25.7 Å². The van der Waals surface area contributed by atoms with Crippen LogP contribution in [0.1, 0.15) is 108 Å². The zero-order valence-electron chi connectivity index (χ0n) is 21.7. The number of ketones is 1. The second kappa shape index (κ2) is 13.9. The van der Waals surface area contributed by atoms with Gasteiger partial charge in [-0.3, -0.25) is 4.79 Å². The predicted molar refractivity (Wildman–Crippen MR) is 139 cm³/mol. The van der Waals surface area contributed by atoms with Gasteiger partial charge < -0.3 is 14.6 Å². The number of hydrogen-bond acceptors (Lipinski definition) is 4. The zero-order valence-corrected chi connectivity index (χ0v) is 21.7. The van der Waals surface area contributed by atoms with Gasteiger partial charge in [-0.1, -0.05) is 45.3 Å². The molecule has 34 heavy (non-hydrogen) atoms. The number of ether oxygens (including phenoxy) is 2. The van der Waals surface area contributed by atoms with Crippen LogP contribution < -0.4 is 4.74 Å². The van der Waals surface area contributed by atoms with Crippen molar-refractivity contribution >= 4 is 5.78 Å². The van der Waals surface area contributed by atoms with Gasteiger partial charge in [0.1, 0.15) is 0 Å². The Labute approximate surface area is 207 Å². The summed E-state index contributed by atoms with van der Waals surface area (Å²) in [5.74, 6) is 2.59. The van der Waals surface area contributed by atoms with Gasteiger partial charge in [-0.15, -0.1) is 0 Å². The molecule has 0 radical (unpaired) electrons. The molecule has 3 atom stereocenters. The molecule has 2 aliphatic carbocycles. The Bertz CT molecular complexity index is 793. The standard InChI is InChI=1S/C30H46O4/c1-4-5-6-12-25(31)16-15-23-20-28(30(32)29(21-23)34-26-13-7-8-14-26)27(17-18-33-3)24-11-9-10-22(2)19-24/h6,12,20-22,24,26-27,32H,4-5,7-11,13-19H2,1-3H3. The summed E-state index contributed by atoms with van der Waals surface area (Å²) in [6, 6.07) is 4.14. The molecule has 2 aliphatic rings. The Morgan fingerprint density at radius 3 is 2.68 bits per heavy atom. The van der Waals surface area contributed by atoms with Gasteiger partial charge in [-0.2, -0.15) is 0 Å². The summed E-state index contributed by atoms with van der Waals surface area (Å²) in [6.07, 6.45) is 17.3. The molecule has 0 heterocycles. The smallest absolute Gasteiger partial charge is 0.161 e. The van der Waals surface area contributed by atoms with Gasteiger partial charge in [-0.25, -0.2) is 0 Å². The van der Waals surface area contributed by atoms with E-state index in [-0.39, 0.29) is 17.8 Å². The molecule has 3 unspecified atom stereocenters. The van der Waals surface area contributed by atoms with Crippen LogP contribution in [-0.4, -0.2) is 30.7 Å². The first kappa shape index (κ1) is 26.8. The van der Waals surface area contributed by atoms with Crippen LogP contribution >= 0.6 is 0 Å². The Kier molecular flexibility index (Phi) is 11.0. The van der Waals surface area contributed by atoms with Crippen molar-refractivity contribution in [2.45, 2.75) is 109 Å². The van der Waals surface area contributed by atoms with E-state index in [1.54, 1.807) is 13.2 Å². The summed E-state index contributed by atoms with van der Waals surface area (Å²) in [7, 11) is 1.75. The van der Waals surface area contributed by atoms with Gasteiger partial charge >= 0.3 is 0 Å². The summed E-state index contributed by atoms with van der Waals surface area (Å²) in [5, 5.41) is 11.4. The SMILES string of the molecule is CCCC=CC(=O)CCc1cc(OC2CCCC2)c(O)c(C(CCOC)C2CCCC(C)C2)c1. The first-order chi connectivity index (χ1) is 16.5. The highest BCUT2D eigenvalue weighted by Crippen LogP contribution is 2.46. The molecule has 3 rings (SSSR count). The van der Waals surface area contributed by atoms with Crippen LogP contribution in [0.3, 0.4) is 0 Å². The topological polar surface area (TPSA) is 55.8 Å². The molecule has 1 aromatic carbocycles. The molecule has 0 spiro atoms. The number of benzene rings is 1. The third-order valence-electron chi connectivity index (χ3n) is 7.76. The molecule has 0 bridgehead atoms. The van der Waals surface area contributed by atoms with E-state index in [1.807, 2.05) is 12.1 Å². The second-order valence-electron chi connectivity index (χ2n) is 10.6. The predicted octanol–water partition coefficient (Wildman–Crippen LogP) is 7.52. The van der Waals surface area contributed by atoms with E-state index in [2.05, 4.69) is 19.9 Å². The average Bonchev–Trinajstić information content (AvgIpc) is 3.34. The summed E-state index contributed by atoms with van der Waals surface area (Å²) >= 11 is 0. The largest absolute Gasteiger partial charge is 0.504 e. The molecule has 4 heteroatoms. The molecule has 1 aromatic rings. The lowest BCUT2D eigenvalue weighted by Gasteiger charge is -2.34. The number of carbonyl (C=O) groups excluding carboxylic acids is 1. The van der Waals surface area contributed by atoms with Crippen LogP contribution in [0.4, 0.5) is 0 Å². The summed E-state index contributed by atoms with van der Waals surface area (Å²) in [6.45, 7) is 5.15. The number of aromatic hydroxyl groups is 1. The molecule has 0 aromatic heterocycles. The highest BCUT2D eigenvalue weighted by atomic mass is 16.5. The molecule has 1 N–H and O–H groups in total. The fraction of sp³-hybridized carbons (Fsp3) is 0.700. The Morgan fingerprint density at radius 2 is 1.97 bits per heavy atom. The third-order valence-corrected chi connectivity index (χ3v) is 7.76.